The van der Waals surface area contributed by atoms with Gasteiger partial charge in [0.05, 0.1) is 12.2 Å². The Kier molecular flexibility index (Phi) is 8.18. The number of pyridine rings is 1. The zero-order valence-corrected chi connectivity index (χ0v) is 13.4. The lowest BCUT2D eigenvalue weighted by atomic mass is 10.0. The van der Waals surface area contributed by atoms with E-state index in [1.165, 1.54) is 31.7 Å². The van der Waals surface area contributed by atoms with Crippen LogP contribution in [0.1, 0.15) is 79.5 Å². The second-order valence-electron chi connectivity index (χ2n) is 5.24. The number of carboxylic acid groups (broad SMARTS) is 1. The van der Waals surface area contributed by atoms with Gasteiger partial charge in [-0.25, -0.2) is 4.79 Å². The minimum absolute atomic E-state index is 0.0596. The largest absolute Gasteiger partial charge is 0.492 e. The minimum atomic E-state index is -1.13. The number of aromatic carboxylic acids is 1. The Labute approximate surface area is 131 Å². The first-order valence-corrected chi connectivity index (χ1v) is 7.99. The quantitative estimate of drug-likeness (QED) is 0.491. The second kappa shape index (κ2) is 9.92. The molecule has 0 atom stereocenters. The molecule has 0 fully saturated rings. The predicted octanol–water partition coefficient (Wildman–Crippen LogP) is 4.11. The molecular weight excluding hydrogens is 282 g/mol. The standard InChI is InChI=1S/C17H25NO4/c1-3-5-6-7-8-9-10-15(19)13-11-18-12-14(17(20)21)16(13)22-4-2/h11-12H,3-10H2,1-2H3,(H,20,21). The number of unbranched alkanes of at least 4 members (excludes halogenated alkanes) is 5. The number of carboxylic acids is 1. The van der Waals surface area contributed by atoms with E-state index in [1.54, 1.807) is 6.92 Å². The van der Waals surface area contributed by atoms with Gasteiger partial charge in [-0.05, 0) is 13.3 Å². The number of ketones is 1. The second-order valence-corrected chi connectivity index (χ2v) is 5.24. The van der Waals surface area contributed by atoms with Gasteiger partial charge in [-0.1, -0.05) is 39.0 Å². The van der Waals surface area contributed by atoms with Gasteiger partial charge in [-0.2, -0.15) is 0 Å². The molecule has 1 rings (SSSR count). The van der Waals surface area contributed by atoms with Crippen molar-refractivity contribution < 1.29 is 19.4 Å². The first-order chi connectivity index (χ1) is 10.6. The Morgan fingerprint density at radius 3 is 2.32 bits per heavy atom. The molecule has 0 aromatic carbocycles. The van der Waals surface area contributed by atoms with Crippen LogP contribution >= 0.6 is 0 Å². The van der Waals surface area contributed by atoms with Crippen LogP contribution in [0.3, 0.4) is 0 Å². The van der Waals surface area contributed by atoms with Gasteiger partial charge in [0.25, 0.3) is 0 Å². The van der Waals surface area contributed by atoms with E-state index in [2.05, 4.69) is 11.9 Å². The van der Waals surface area contributed by atoms with E-state index in [-0.39, 0.29) is 22.7 Å². The molecule has 0 amide bonds. The fourth-order valence-electron chi connectivity index (χ4n) is 2.30. The summed E-state index contributed by atoms with van der Waals surface area (Å²) in [7, 11) is 0. The van der Waals surface area contributed by atoms with E-state index in [0.717, 1.165) is 19.3 Å². The summed E-state index contributed by atoms with van der Waals surface area (Å²) in [5.41, 5.74) is 0.214. The molecular formula is C17H25NO4. The molecule has 1 aromatic rings. The van der Waals surface area contributed by atoms with Crippen LogP contribution in [0.5, 0.6) is 5.75 Å². The van der Waals surface area contributed by atoms with Crippen LogP contribution in [-0.4, -0.2) is 28.4 Å². The molecule has 5 heteroatoms. The molecule has 1 aromatic heterocycles. The number of rotatable bonds is 11. The number of ether oxygens (including phenoxy) is 1. The lowest BCUT2D eigenvalue weighted by Gasteiger charge is -2.11. The summed E-state index contributed by atoms with van der Waals surface area (Å²) in [5, 5.41) is 9.16. The molecule has 5 nitrogen and oxygen atoms in total. The molecule has 0 aliphatic carbocycles. The van der Waals surface area contributed by atoms with E-state index < -0.39 is 5.97 Å². The number of carbonyl (C=O) groups excluding carboxylic acids is 1. The first-order valence-electron chi connectivity index (χ1n) is 7.99. The van der Waals surface area contributed by atoms with Gasteiger partial charge in [-0.15, -0.1) is 0 Å². The van der Waals surface area contributed by atoms with Crippen molar-refractivity contribution in [1.29, 1.82) is 0 Å². The zero-order valence-electron chi connectivity index (χ0n) is 13.4. The molecule has 0 saturated carbocycles. The van der Waals surface area contributed by atoms with Crippen LogP contribution in [-0.2, 0) is 0 Å². The van der Waals surface area contributed by atoms with Gasteiger partial charge < -0.3 is 9.84 Å². The molecule has 0 unspecified atom stereocenters. The predicted molar refractivity (Wildman–Crippen MR) is 84.7 cm³/mol. The maximum Gasteiger partial charge on any atom is 0.341 e. The summed E-state index contributed by atoms with van der Waals surface area (Å²) in [6, 6.07) is 0. The van der Waals surface area contributed by atoms with Gasteiger partial charge in [-0.3, -0.25) is 9.78 Å². The van der Waals surface area contributed by atoms with E-state index in [1.807, 2.05) is 0 Å². The maximum atomic E-state index is 12.3. The molecule has 122 valence electrons. The van der Waals surface area contributed by atoms with Gasteiger partial charge >= 0.3 is 5.97 Å². The number of Topliss-reactive ketones (excluding diaryl/α,β-unsaturated/α-hetero) is 1. The highest BCUT2D eigenvalue weighted by Crippen LogP contribution is 2.25. The summed E-state index contributed by atoms with van der Waals surface area (Å²) >= 11 is 0. The number of nitrogens with zero attached hydrogens (tertiary/aromatic N) is 1. The van der Waals surface area contributed by atoms with Crippen LogP contribution in [0.15, 0.2) is 12.4 Å². The van der Waals surface area contributed by atoms with Crippen LogP contribution in [0.2, 0.25) is 0 Å². The summed E-state index contributed by atoms with van der Waals surface area (Å²) < 4.78 is 5.37. The molecule has 22 heavy (non-hydrogen) atoms. The van der Waals surface area contributed by atoms with Gasteiger partial charge in [0.15, 0.2) is 5.78 Å². The van der Waals surface area contributed by atoms with Gasteiger partial charge in [0.2, 0.25) is 0 Å². The normalized spacial score (nSPS) is 10.5. The molecule has 1 heterocycles. The third kappa shape index (κ3) is 5.47. The lowest BCUT2D eigenvalue weighted by molar-refractivity contribution is 0.0692. The van der Waals surface area contributed by atoms with Crippen molar-refractivity contribution >= 4 is 11.8 Å². The van der Waals surface area contributed by atoms with Crippen LogP contribution in [0.4, 0.5) is 0 Å². The van der Waals surface area contributed by atoms with E-state index in [9.17, 15) is 9.59 Å². The third-order valence-electron chi connectivity index (χ3n) is 3.47. The average molecular weight is 307 g/mol. The van der Waals surface area contributed by atoms with Crippen LogP contribution in [0, 0.1) is 0 Å². The fourth-order valence-corrected chi connectivity index (χ4v) is 2.30. The van der Waals surface area contributed by atoms with Crippen LogP contribution in [0.25, 0.3) is 0 Å². The molecule has 1 N–H and O–H groups in total. The number of carbonyl (C=O) groups is 2. The minimum Gasteiger partial charge on any atom is -0.492 e. The number of aromatic nitrogens is 1. The molecule has 0 radical (unpaired) electrons. The maximum absolute atomic E-state index is 12.3. The Bertz CT molecular complexity index is 499. The van der Waals surface area contributed by atoms with Crippen LogP contribution < -0.4 is 4.74 Å². The Morgan fingerprint density at radius 1 is 1.05 bits per heavy atom. The smallest absolute Gasteiger partial charge is 0.341 e. The van der Waals surface area contributed by atoms with E-state index in [0.29, 0.717) is 13.0 Å². The summed E-state index contributed by atoms with van der Waals surface area (Å²) in [4.78, 5) is 27.3. The number of hydrogen-bond acceptors (Lipinski definition) is 4. The SMILES string of the molecule is CCCCCCCCC(=O)c1cncc(C(=O)O)c1OCC. The Morgan fingerprint density at radius 2 is 1.68 bits per heavy atom. The third-order valence-corrected chi connectivity index (χ3v) is 3.47. The highest BCUT2D eigenvalue weighted by atomic mass is 16.5. The first kappa shape index (κ1) is 18.1. The Hall–Kier alpha value is -1.91. The van der Waals surface area contributed by atoms with E-state index >= 15 is 0 Å². The molecule has 0 aliphatic heterocycles. The highest BCUT2D eigenvalue weighted by molar-refractivity contribution is 6.02. The topological polar surface area (TPSA) is 76.5 Å². The Balaban J connectivity index is 2.68. The van der Waals surface area contributed by atoms with E-state index in [4.69, 9.17) is 9.84 Å². The van der Waals surface area contributed by atoms with Crippen molar-refractivity contribution in [2.45, 2.75) is 58.8 Å². The summed E-state index contributed by atoms with van der Waals surface area (Å²) in [5.74, 6) is -1.10. The molecule has 0 saturated heterocycles. The van der Waals surface area contributed by atoms with Crippen molar-refractivity contribution in [2.24, 2.45) is 0 Å². The fraction of sp³-hybridized carbons (Fsp3) is 0.588. The summed E-state index contributed by atoms with van der Waals surface area (Å²) in [6.45, 7) is 4.23. The van der Waals surface area contributed by atoms with Crippen molar-refractivity contribution in [2.75, 3.05) is 6.61 Å². The zero-order chi connectivity index (χ0) is 16.4. The average Bonchev–Trinajstić information content (AvgIpc) is 2.50. The molecule has 0 aliphatic rings. The molecule has 0 spiro atoms. The molecule has 0 bridgehead atoms. The summed E-state index contributed by atoms with van der Waals surface area (Å²) in [6.07, 6.45) is 9.60. The van der Waals surface area contributed by atoms with Crippen molar-refractivity contribution in [3.63, 3.8) is 0 Å². The van der Waals surface area contributed by atoms with Gasteiger partial charge in [0, 0.05) is 18.8 Å². The van der Waals surface area contributed by atoms with Crippen molar-refractivity contribution in [3.8, 4) is 5.75 Å². The van der Waals surface area contributed by atoms with Crippen molar-refractivity contribution in [1.82, 2.24) is 4.98 Å². The lowest BCUT2D eigenvalue weighted by Crippen LogP contribution is -2.10. The van der Waals surface area contributed by atoms with Gasteiger partial charge in [0.1, 0.15) is 11.3 Å². The highest BCUT2D eigenvalue weighted by Gasteiger charge is 2.20. The number of hydrogen-bond donors (Lipinski definition) is 1. The monoisotopic (exact) mass is 307 g/mol. The van der Waals surface area contributed by atoms with Crippen molar-refractivity contribution in [3.05, 3.63) is 23.5 Å².